The van der Waals surface area contributed by atoms with Gasteiger partial charge in [0.25, 0.3) is 0 Å². The van der Waals surface area contributed by atoms with Crippen LogP contribution >= 0.6 is 23.1 Å². The van der Waals surface area contributed by atoms with E-state index in [0.717, 1.165) is 18.7 Å². The summed E-state index contributed by atoms with van der Waals surface area (Å²) in [6.07, 6.45) is 0.875. The van der Waals surface area contributed by atoms with E-state index in [4.69, 9.17) is 5.26 Å². The third kappa shape index (κ3) is 4.25. The zero-order valence-corrected chi connectivity index (χ0v) is 10.8. The quantitative estimate of drug-likeness (QED) is 0.776. The second-order valence-electron chi connectivity index (χ2n) is 3.50. The van der Waals surface area contributed by atoms with Crippen molar-refractivity contribution in [1.82, 2.24) is 5.32 Å². The molecule has 2 nitrogen and oxygen atoms in total. The fraction of sp³-hybridized carbons (Fsp3) is 0.545. The highest BCUT2D eigenvalue weighted by Crippen LogP contribution is 2.25. The molecule has 1 unspecified atom stereocenters. The van der Waals surface area contributed by atoms with Crippen LogP contribution in [0.5, 0.6) is 0 Å². The smallest absolute Gasteiger partial charge is 0.104 e. The Morgan fingerprint density at radius 1 is 1.67 bits per heavy atom. The number of hydrogen-bond acceptors (Lipinski definition) is 4. The van der Waals surface area contributed by atoms with Gasteiger partial charge in [0.05, 0.1) is 10.3 Å². The minimum atomic E-state index is -0.376. The maximum atomic E-state index is 9.05. The van der Waals surface area contributed by atoms with E-state index in [1.165, 1.54) is 4.21 Å². The van der Waals surface area contributed by atoms with Crippen molar-refractivity contribution >= 4 is 23.1 Å². The Labute approximate surface area is 99.7 Å². The zero-order chi connectivity index (χ0) is 11.1. The molecule has 1 atom stereocenters. The summed E-state index contributed by atoms with van der Waals surface area (Å²) in [6, 6.07) is 6.51. The van der Waals surface area contributed by atoms with E-state index in [1.807, 2.05) is 25.6 Å². The van der Waals surface area contributed by atoms with Crippen LogP contribution in [0.1, 0.15) is 20.3 Å². The Balaban J connectivity index is 2.32. The number of thioether (sulfide) groups is 1. The minimum absolute atomic E-state index is 0.376. The van der Waals surface area contributed by atoms with Gasteiger partial charge in [-0.3, -0.25) is 5.32 Å². The van der Waals surface area contributed by atoms with Gasteiger partial charge in [0.1, 0.15) is 5.54 Å². The molecule has 1 aromatic rings. The third-order valence-corrected chi connectivity index (χ3v) is 4.29. The summed E-state index contributed by atoms with van der Waals surface area (Å²) in [6.45, 7) is 4.83. The lowest BCUT2D eigenvalue weighted by Gasteiger charge is -2.21. The minimum Gasteiger partial charge on any atom is -0.300 e. The zero-order valence-electron chi connectivity index (χ0n) is 9.12. The van der Waals surface area contributed by atoms with Gasteiger partial charge in [-0.05, 0) is 31.3 Å². The van der Waals surface area contributed by atoms with Crippen LogP contribution in [0.25, 0.3) is 0 Å². The fourth-order valence-electron chi connectivity index (χ4n) is 1.28. The maximum absolute atomic E-state index is 9.05. The Morgan fingerprint density at radius 2 is 2.47 bits per heavy atom. The summed E-state index contributed by atoms with van der Waals surface area (Å²) in [4.78, 5) is 0. The number of nitrogens with zero attached hydrogens (tertiary/aromatic N) is 1. The Hall–Kier alpha value is -0.500. The standard InChI is InChI=1S/C11H16N2S2/c1-3-13-11(2,9-12)6-8-15-10-5-4-7-14-10/h4-5,7,13H,3,6,8H2,1-2H3. The van der Waals surface area contributed by atoms with Crippen LogP contribution in [-0.2, 0) is 0 Å². The number of hydrogen-bond donors (Lipinski definition) is 1. The molecule has 0 aromatic carbocycles. The lowest BCUT2D eigenvalue weighted by Crippen LogP contribution is -2.41. The van der Waals surface area contributed by atoms with Gasteiger partial charge in [-0.1, -0.05) is 13.0 Å². The van der Waals surface area contributed by atoms with E-state index < -0.39 is 0 Å². The molecule has 1 aromatic heterocycles. The van der Waals surface area contributed by atoms with E-state index in [0.29, 0.717) is 0 Å². The average Bonchev–Trinajstić information content (AvgIpc) is 2.71. The SMILES string of the molecule is CCNC(C)(C#N)CCSc1cccs1. The lowest BCUT2D eigenvalue weighted by molar-refractivity contribution is 0.450. The predicted molar refractivity (Wildman–Crippen MR) is 67.4 cm³/mol. The molecule has 0 aliphatic carbocycles. The molecule has 0 aliphatic rings. The van der Waals surface area contributed by atoms with E-state index in [1.54, 1.807) is 11.3 Å². The van der Waals surface area contributed by atoms with Gasteiger partial charge in [0.15, 0.2) is 0 Å². The molecular formula is C11H16N2S2. The van der Waals surface area contributed by atoms with E-state index in [9.17, 15) is 0 Å². The van der Waals surface area contributed by atoms with Crippen molar-refractivity contribution in [3.05, 3.63) is 17.5 Å². The van der Waals surface area contributed by atoms with E-state index in [-0.39, 0.29) is 5.54 Å². The number of nitriles is 1. The highest BCUT2D eigenvalue weighted by molar-refractivity contribution is 8.01. The molecule has 4 heteroatoms. The molecule has 15 heavy (non-hydrogen) atoms. The number of rotatable bonds is 6. The predicted octanol–water partition coefficient (Wildman–Crippen LogP) is 3.12. The van der Waals surface area contributed by atoms with Gasteiger partial charge in [-0.15, -0.1) is 23.1 Å². The van der Waals surface area contributed by atoms with E-state index in [2.05, 4.69) is 28.9 Å². The molecule has 0 bridgehead atoms. The van der Waals surface area contributed by atoms with E-state index >= 15 is 0 Å². The first-order valence-corrected chi connectivity index (χ1v) is 6.89. The Morgan fingerprint density at radius 3 is 3.00 bits per heavy atom. The first-order valence-electron chi connectivity index (χ1n) is 5.03. The van der Waals surface area contributed by atoms with Gasteiger partial charge in [-0.25, -0.2) is 0 Å². The first kappa shape index (κ1) is 12.6. The van der Waals surface area contributed by atoms with Gasteiger partial charge < -0.3 is 0 Å². The normalized spacial score (nSPS) is 14.5. The summed E-state index contributed by atoms with van der Waals surface area (Å²) in [5.74, 6) is 0.984. The van der Waals surface area contributed by atoms with Gasteiger partial charge in [0.2, 0.25) is 0 Å². The molecular weight excluding hydrogens is 224 g/mol. The first-order chi connectivity index (χ1) is 7.20. The second kappa shape index (κ2) is 6.16. The highest BCUT2D eigenvalue weighted by Gasteiger charge is 2.21. The van der Waals surface area contributed by atoms with Crippen molar-refractivity contribution in [2.75, 3.05) is 12.3 Å². The maximum Gasteiger partial charge on any atom is 0.104 e. The highest BCUT2D eigenvalue weighted by atomic mass is 32.2. The van der Waals surface area contributed by atoms with Crippen LogP contribution in [0, 0.1) is 11.3 Å². The molecule has 0 spiro atoms. The molecule has 0 saturated carbocycles. The molecule has 1 N–H and O–H groups in total. The van der Waals surface area contributed by atoms with Crippen LogP contribution in [0.2, 0.25) is 0 Å². The summed E-state index contributed by atoms with van der Waals surface area (Å²) < 4.78 is 1.33. The van der Waals surface area contributed by atoms with Gasteiger partial charge in [-0.2, -0.15) is 5.26 Å². The number of thiophene rings is 1. The van der Waals surface area contributed by atoms with Crippen LogP contribution in [-0.4, -0.2) is 17.8 Å². The van der Waals surface area contributed by atoms with Crippen LogP contribution in [0.4, 0.5) is 0 Å². The van der Waals surface area contributed by atoms with Crippen molar-refractivity contribution < 1.29 is 0 Å². The summed E-state index contributed by atoms with van der Waals surface area (Å²) in [7, 11) is 0. The molecule has 0 saturated heterocycles. The second-order valence-corrected chi connectivity index (χ2v) is 5.85. The summed E-state index contributed by atoms with van der Waals surface area (Å²) >= 11 is 3.58. The molecule has 82 valence electrons. The number of nitrogens with one attached hydrogen (secondary N) is 1. The fourth-order valence-corrected chi connectivity index (χ4v) is 3.30. The molecule has 1 heterocycles. The molecule has 0 radical (unpaired) electrons. The van der Waals surface area contributed by atoms with Crippen LogP contribution in [0.15, 0.2) is 21.7 Å². The van der Waals surface area contributed by atoms with Crippen molar-refractivity contribution in [1.29, 1.82) is 5.26 Å². The van der Waals surface area contributed by atoms with Crippen molar-refractivity contribution in [3.8, 4) is 6.07 Å². The molecule has 0 aliphatic heterocycles. The topological polar surface area (TPSA) is 35.8 Å². The average molecular weight is 240 g/mol. The largest absolute Gasteiger partial charge is 0.300 e. The van der Waals surface area contributed by atoms with Crippen molar-refractivity contribution in [3.63, 3.8) is 0 Å². The Kier molecular flexibility index (Phi) is 5.16. The third-order valence-electron chi connectivity index (χ3n) is 2.16. The van der Waals surface area contributed by atoms with Gasteiger partial charge in [0, 0.05) is 5.75 Å². The Bertz CT molecular complexity index is 316. The molecule has 0 amide bonds. The molecule has 0 fully saturated rings. The molecule has 1 rings (SSSR count). The van der Waals surface area contributed by atoms with Crippen LogP contribution in [0.3, 0.4) is 0 Å². The monoisotopic (exact) mass is 240 g/mol. The van der Waals surface area contributed by atoms with Crippen molar-refractivity contribution in [2.45, 2.75) is 30.0 Å². The lowest BCUT2D eigenvalue weighted by atomic mass is 10.0. The van der Waals surface area contributed by atoms with Crippen LogP contribution < -0.4 is 5.32 Å². The summed E-state index contributed by atoms with van der Waals surface area (Å²) in [5.41, 5.74) is -0.376. The van der Waals surface area contributed by atoms with Gasteiger partial charge >= 0.3 is 0 Å². The van der Waals surface area contributed by atoms with Crippen molar-refractivity contribution in [2.24, 2.45) is 0 Å². The summed E-state index contributed by atoms with van der Waals surface area (Å²) in [5, 5.41) is 14.4.